The molecule has 7 nitrogen and oxygen atoms in total. The standard InChI is InChI=1S/C17H24N4O3/c1-23-16-8-15(18-11-19-16)21-9-13(12-4-7-24-14(12)10-21)17(22)20-5-2-3-6-20/h8,11-14H,2-7,9-10H2,1H3/t12-,13-,14+/m1/s1. The highest BCUT2D eigenvalue weighted by molar-refractivity contribution is 5.80. The molecule has 3 aliphatic heterocycles. The van der Waals surface area contributed by atoms with Crippen LogP contribution in [0.15, 0.2) is 12.4 Å². The highest BCUT2D eigenvalue weighted by Crippen LogP contribution is 2.36. The number of hydrogen-bond donors (Lipinski definition) is 0. The Morgan fingerprint density at radius 3 is 2.92 bits per heavy atom. The van der Waals surface area contributed by atoms with E-state index in [2.05, 4.69) is 14.9 Å². The van der Waals surface area contributed by atoms with Crippen LogP contribution < -0.4 is 9.64 Å². The molecular weight excluding hydrogens is 308 g/mol. The van der Waals surface area contributed by atoms with Crippen molar-refractivity contribution in [2.75, 3.05) is 44.8 Å². The first-order chi connectivity index (χ1) is 11.8. The van der Waals surface area contributed by atoms with Crippen LogP contribution in [0.3, 0.4) is 0 Å². The molecule has 0 unspecified atom stereocenters. The molecule has 1 amide bonds. The summed E-state index contributed by atoms with van der Waals surface area (Å²) >= 11 is 0. The normalized spacial score (nSPS) is 29.6. The minimum absolute atomic E-state index is 0.00897. The third kappa shape index (κ3) is 2.81. The topological polar surface area (TPSA) is 67.8 Å². The van der Waals surface area contributed by atoms with Crippen molar-refractivity contribution in [2.24, 2.45) is 11.8 Å². The van der Waals surface area contributed by atoms with E-state index in [-0.39, 0.29) is 12.0 Å². The summed E-state index contributed by atoms with van der Waals surface area (Å²) in [6, 6.07) is 1.83. The van der Waals surface area contributed by atoms with Gasteiger partial charge in [0.2, 0.25) is 11.8 Å². The average molecular weight is 332 g/mol. The number of likely N-dealkylation sites (tertiary alicyclic amines) is 1. The number of methoxy groups -OCH3 is 1. The zero-order chi connectivity index (χ0) is 16.5. The molecule has 0 spiro atoms. The lowest BCUT2D eigenvalue weighted by atomic mass is 9.82. The van der Waals surface area contributed by atoms with Gasteiger partial charge in [-0.25, -0.2) is 9.97 Å². The number of fused-ring (bicyclic) bond motifs is 1. The van der Waals surface area contributed by atoms with Crippen molar-refractivity contribution in [3.05, 3.63) is 12.4 Å². The van der Waals surface area contributed by atoms with Crippen molar-refractivity contribution < 1.29 is 14.3 Å². The number of ether oxygens (including phenoxy) is 2. The molecule has 1 aromatic rings. The van der Waals surface area contributed by atoms with Crippen molar-refractivity contribution >= 4 is 11.7 Å². The summed E-state index contributed by atoms with van der Waals surface area (Å²) in [7, 11) is 1.60. The van der Waals surface area contributed by atoms with Gasteiger partial charge in [-0.15, -0.1) is 0 Å². The number of aromatic nitrogens is 2. The molecule has 0 saturated carbocycles. The van der Waals surface area contributed by atoms with Gasteiger partial charge in [0.15, 0.2) is 0 Å². The summed E-state index contributed by atoms with van der Waals surface area (Å²) in [6.45, 7) is 4.01. The SMILES string of the molecule is COc1cc(N2C[C@@H]3OCC[C@@H]3[C@H](C(=O)N3CCCC3)C2)ncn1. The first-order valence-electron chi connectivity index (χ1n) is 8.77. The number of nitrogens with zero attached hydrogens (tertiary/aromatic N) is 4. The molecule has 3 aliphatic rings. The molecule has 130 valence electrons. The van der Waals surface area contributed by atoms with Crippen LogP contribution >= 0.6 is 0 Å². The van der Waals surface area contributed by atoms with E-state index < -0.39 is 0 Å². The van der Waals surface area contributed by atoms with Crippen LogP contribution in [-0.2, 0) is 9.53 Å². The van der Waals surface area contributed by atoms with Gasteiger partial charge in [0.25, 0.3) is 0 Å². The van der Waals surface area contributed by atoms with Gasteiger partial charge in [0.05, 0.1) is 19.1 Å². The van der Waals surface area contributed by atoms with Gasteiger partial charge in [-0.2, -0.15) is 0 Å². The Kier molecular flexibility index (Phi) is 4.26. The largest absolute Gasteiger partial charge is 0.481 e. The van der Waals surface area contributed by atoms with Crippen molar-refractivity contribution in [3.63, 3.8) is 0 Å². The Balaban J connectivity index is 1.57. The number of carbonyl (C=O) groups excluding carboxylic acids is 1. The van der Waals surface area contributed by atoms with Crippen LogP contribution in [-0.4, -0.2) is 66.8 Å². The number of rotatable bonds is 3. The van der Waals surface area contributed by atoms with Crippen molar-refractivity contribution in [1.82, 2.24) is 14.9 Å². The molecule has 4 heterocycles. The minimum atomic E-state index is -0.00897. The molecule has 0 bridgehead atoms. The first kappa shape index (κ1) is 15.6. The third-order valence-corrected chi connectivity index (χ3v) is 5.49. The van der Waals surface area contributed by atoms with Gasteiger partial charge in [-0.1, -0.05) is 0 Å². The highest BCUT2D eigenvalue weighted by atomic mass is 16.5. The monoisotopic (exact) mass is 332 g/mol. The third-order valence-electron chi connectivity index (χ3n) is 5.49. The lowest BCUT2D eigenvalue weighted by Crippen LogP contribution is -2.53. The Morgan fingerprint density at radius 1 is 1.29 bits per heavy atom. The van der Waals surface area contributed by atoms with Gasteiger partial charge in [0, 0.05) is 44.8 Å². The fourth-order valence-electron chi connectivity index (χ4n) is 4.21. The van der Waals surface area contributed by atoms with Crippen LogP contribution in [0.4, 0.5) is 5.82 Å². The van der Waals surface area contributed by atoms with Gasteiger partial charge >= 0.3 is 0 Å². The lowest BCUT2D eigenvalue weighted by Gasteiger charge is -2.41. The van der Waals surface area contributed by atoms with Crippen LogP contribution in [0.2, 0.25) is 0 Å². The molecule has 3 atom stereocenters. The van der Waals surface area contributed by atoms with Crippen molar-refractivity contribution in [2.45, 2.75) is 25.4 Å². The van der Waals surface area contributed by atoms with Gasteiger partial charge in [0.1, 0.15) is 12.1 Å². The van der Waals surface area contributed by atoms with Crippen LogP contribution in [0.1, 0.15) is 19.3 Å². The molecule has 1 aromatic heterocycles. The summed E-state index contributed by atoms with van der Waals surface area (Å²) in [5, 5.41) is 0. The number of piperidine rings is 1. The van der Waals surface area contributed by atoms with Gasteiger partial charge in [-0.05, 0) is 19.3 Å². The second-order valence-corrected chi connectivity index (χ2v) is 6.82. The number of carbonyl (C=O) groups is 1. The van der Waals surface area contributed by atoms with Gasteiger partial charge in [-0.3, -0.25) is 4.79 Å². The molecule has 0 aliphatic carbocycles. The highest BCUT2D eigenvalue weighted by Gasteiger charge is 2.45. The zero-order valence-electron chi connectivity index (χ0n) is 14.1. The first-order valence-corrected chi connectivity index (χ1v) is 8.77. The number of amides is 1. The molecule has 7 heteroatoms. The molecule has 24 heavy (non-hydrogen) atoms. The maximum Gasteiger partial charge on any atom is 0.227 e. The molecular formula is C17H24N4O3. The Labute approximate surface area is 142 Å². The summed E-state index contributed by atoms with van der Waals surface area (Å²) in [5.41, 5.74) is 0. The Hall–Kier alpha value is -1.89. The van der Waals surface area contributed by atoms with E-state index in [1.807, 2.05) is 11.0 Å². The summed E-state index contributed by atoms with van der Waals surface area (Å²) in [4.78, 5) is 25.7. The molecule has 3 saturated heterocycles. The second kappa shape index (κ2) is 6.55. The maximum atomic E-state index is 13.0. The van der Waals surface area contributed by atoms with Gasteiger partial charge < -0.3 is 19.3 Å². The predicted octanol–water partition coefficient (Wildman–Crippen LogP) is 0.949. The second-order valence-electron chi connectivity index (χ2n) is 6.82. The Morgan fingerprint density at radius 2 is 2.12 bits per heavy atom. The van der Waals surface area contributed by atoms with E-state index >= 15 is 0 Å². The minimum Gasteiger partial charge on any atom is -0.481 e. The van der Waals surface area contributed by atoms with Crippen molar-refractivity contribution in [1.29, 1.82) is 0 Å². The van der Waals surface area contributed by atoms with E-state index in [9.17, 15) is 4.79 Å². The smallest absolute Gasteiger partial charge is 0.227 e. The number of hydrogen-bond acceptors (Lipinski definition) is 6. The number of anilines is 1. The predicted molar refractivity (Wildman–Crippen MR) is 87.9 cm³/mol. The fraction of sp³-hybridized carbons (Fsp3) is 0.706. The van der Waals surface area contributed by atoms with Crippen molar-refractivity contribution in [3.8, 4) is 5.88 Å². The average Bonchev–Trinajstić information content (AvgIpc) is 3.31. The lowest BCUT2D eigenvalue weighted by molar-refractivity contribution is -0.137. The molecule has 0 aromatic carbocycles. The molecule has 0 N–H and O–H groups in total. The zero-order valence-corrected chi connectivity index (χ0v) is 14.1. The van der Waals surface area contributed by atoms with Crippen LogP contribution in [0.5, 0.6) is 5.88 Å². The van der Waals surface area contributed by atoms with E-state index in [0.717, 1.165) is 51.3 Å². The Bertz CT molecular complexity index is 605. The molecule has 0 radical (unpaired) electrons. The van der Waals surface area contributed by atoms with Crippen LogP contribution in [0.25, 0.3) is 0 Å². The van der Waals surface area contributed by atoms with Crippen LogP contribution in [0, 0.1) is 11.8 Å². The quantitative estimate of drug-likeness (QED) is 0.821. The van der Waals surface area contributed by atoms with E-state index in [0.29, 0.717) is 24.2 Å². The van der Waals surface area contributed by atoms with E-state index in [1.54, 1.807) is 7.11 Å². The molecule has 4 rings (SSSR count). The summed E-state index contributed by atoms with van der Waals surface area (Å²) in [5.74, 6) is 1.95. The summed E-state index contributed by atoms with van der Waals surface area (Å²) < 4.78 is 11.1. The van der Waals surface area contributed by atoms with E-state index in [4.69, 9.17) is 9.47 Å². The maximum absolute atomic E-state index is 13.0. The summed E-state index contributed by atoms with van der Waals surface area (Å²) in [6.07, 6.45) is 4.84. The van der Waals surface area contributed by atoms with E-state index in [1.165, 1.54) is 6.33 Å². The molecule has 3 fully saturated rings. The fourth-order valence-corrected chi connectivity index (χ4v) is 4.21.